The molecule has 1 saturated heterocycles. The summed E-state index contributed by atoms with van der Waals surface area (Å²) in [7, 11) is 0. The van der Waals surface area contributed by atoms with Gasteiger partial charge in [-0.15, -0.1) is 0 Å². The SMILES string of the molecule is CC(C)(CO)CNC[C@@]1(O)CCCN(Cc2ccc(F)c(F)c2)C1=O. The van der Waals surface area contributed by atoms with E-state index in [9.17, 15) is 23.8 Å². The highest BCUT2D eigenvalue weighted by molar-refractivity contribution is 5.86. The smallest absolute Gasteiger partial charge is 0.256 e. The number of halogens is 2. The highest BCUT2D eigenvalue weighted by atomic mass is 19.2. The lowest BCUT2D eigenvalue weighted by Gasteiger charge is -2.39. The second-order valence-corrected chi connectivity index (χ2v) is 7.54. The molecule has 0 aliphatic carbocycles. The molecule has 1 atom stereocenters. The van der Waals surface area contributed by atoms with Gasteiger partial charge in [0, 0.05) is 38.2 Å². The molecule has 2 rings (SSSR count). The summed E-state index contributed by atoms with van der Waals surface area (Å²) in [4.78, 5) is 14.1. The molecule has 1 aromatic carbocycles. The van der Waals surface area contributed by atoms with Gasteiger partial charge >= 0.3 is 0 Å². The zero-order valence-electron chi connectivity index (χ0n) is 14.7. The predicted molar refractivity (Wildman–Crippen MR) is 89.7 cm³/mol. The Labute approximate surface area is 146 Å². The lowest BCUT2D eigenvalue weighted by molar-refractivity contribution is -0.157. The Hall–Kier alpha value is -1.57. The number of aliphatic hydroxyl groups is 2. The average molecular weight is 356 g/mol. The van der Waals surface area contributed by atoms with Crippen molar-refractivity contribution in [2.75, 3.05) is 26.2 Å². The minimum absolute atomic E-state index is 0.00533. The van der Waals surface area contributed by atoms with E-state index in [-0.39, 0.29) is 25.1 Å². The standard InChI is InChI=1S/C18H26F2N2O3/c1-17(2,12-23)10-21-11-18(25)6-3-7-22(16(18)24)9-13-4-5-14(19)15(20)8-13/h4-5,8,21,23,25H,3,6-7,9-12H2,1-2H3/t18-/m0/s1. The molecule has 1 aromatic rings. The summed E-state index contributed by atoms with van der Waals surface area (Å²) in [6.45, 7) is 4.88. The van der Waals surface area contributed by atoms with Crippen LogP contribution in [0.5, 0.6) is 0 Å². The maximum atomic E-state index is 13.3. The maximum absolute atomic E-state index is 13.3. The van der Waals surface area contributed by atoms with Crippen LogP contribution in [0.2, 0.25) is 0 Å². The number of nitrogens with zero attached hydrogens (tertiary/aromatic N) is 1. The van der Waals surface area contributed by atoms with Crippen molar-refractivity contribution < 1.29 is 23.8 Å². The highest BCUT2D eigenvalue weighted by Crippen LogP contribution is 2.24. The molecule has 1 aliphatic heterocycles. The van der Waals surface area contributed by atoms with Crippen molar-refractivity contribution in [3.8, 4) is 0 Å². The summed E-state index contributed by atoms with van der Waals surface area (Å²) in [6, 6.07) is 3.53. The van der Waals surface area contributed by atoms with Crippen LogP contribution in [-0.2, 0) is 11.3 Å². The Morgan fingerprint density at radius 1 is 1.32 bits per heavy atom. The van der Waals surface area contributed by atoms with Gasteiger partial charge in [-0.05, 0) is 30.5 Å². The van der Waals surface area contributed by atoms with Crippen LogP contribution in [-0.4, -0.2) is 52.9 Å². The molecule has 0 saturated carbocycles. The van der Waals surface area contributed by atoms with E-state index in [1.165, 1.54) is 11.0 Å². The van der Waals surface area contributed by atoms with Crippen molar-refractivity contribution in [2.24, 2.45) is 5.41 Å². The summed E-state index contributed by atoms with van der Waals surface area (Å²) in [5.74, 6) is -2.30. The lowest BCUT2D eigenvalue weighted by atomic mass is 9.90. The van der Waals surface area contributed by atoms with E-state index in [4.69, 9.17) is 0 Å². The molecule has 25 heavy (non-hydrogen) atoms. The van der Waals surface area contributed by atoms with Crippen LogP contribution in [0.3, 0.4) is 0 Å². The number of carbonyl (C=O) groups excluding carboxylic acids is 1. The van der Waals surface area contributed by atoms with Crippen LogP contribution < -0.4 is 5.32 Å². The number of hydrogen-bond donors (Lipinski definition) is 3. The van der Waals surface area contributed by atoms with Crippen LogP contribution in [0, 0.1) is 17.0 Å². The quantitative estimate of drug-likeness (QED) is 0.691. The van der Waals surface area contributed by atoms with Gasteiger partial charge in [0.1, 0.15) is 0 Å². The molecular weight excluding hydrogens is 330 g/mol. The molecule has 3 N–H and O–H groups in total. The van der Waals surface area contributed by atoms with E-state index in [1.54, 1.807) is 0 Å². The third-order valence-corrected chi connectivity index (χ3v) is 4.51. The monoisotopic (exact) mass is 356 g/mol. The first-order valence-corrected chi connectivity index (χ1v) is 8.44. The summed E-state index contributed by atoms with van der Waals surface area (Å²) in [6.07, 6.45) is 0.962. The topological polar surface area (TPSA) is 72.8 Å². The Morgan fingerprint density at radius 2 is 2.04 bits per heavy atom. The number of benzene rings is 1. The molecule has 0 spiro atoms. The fourth-order valence-electron chi connectivity index (χ4n) is 2.90. The minimum Gasteiger partial charge on any atom is -0.396 e. The lowest BCUT2D eigenvalue weighted by Crippen LogP contribution is -2.58. The molecule has 7 heteroatoms. The van der Waals surface area contributed by atoms with Gasteiger partial charge in [0.25, 0.3) is 5.91 Å². The minimum atomic E-state index is -1.53. The van der Waals surface area contributed by atoms with Gasteiger partial charge in [-0.25, -0.2) is 8.78 Å². The van der Waals surface area contributed by atoms with Crippen LogP contribution in [0.1, 0.15) is 32.3 Å². The van der Waals surface area contributed by atoms with Crippen molar-refractivity contribution in [3.63, 3.8) is 0 Å². The van der Waals surface area contributed by atoms with E-state index >= 15 is 0 Å². The van der Waals surface area contributed by atoms with Crippen LogP contribution >= 0.6 is 0 Å². The van der Waals surface area contributed by atoms with Crippen LogP contribution in [0.4, 0.5) is 8.78 Å². The molecule has 0 bridgehead atoms. The third kappa shape index (κ3) is 4.96. The third-order valence-electron chi connectivity index (χ3n) is 4.51. The van der Waals surface area contributed by atoms with E-state index in [0.29, 0.717) is 31.5 Å². The number of carbonyl (C=O) groups is 1. The summed E-state index contributed by atoms with van der Waals surface area (Å²) < 4.78 is 26.4. The molecule has 5 nitrogen and oxygen atoms in total. The first-order valence-electron chi connectivity index (χ1n) is 8.44. The first kappa shape index (κ1) is 19.8. The number of rotatable bonds is 7. The van der Waals surface area contributed by atoms with Gasteiger partial charge in [-0.3, -0.25) is 4.79 Å². The fourth-order valence-corrected chi connectivity index (χ4v) is 2.90. The molecule has 1 fully saturated rings. The molecule has 140 valence electrons. The van der Waals surface area contributed by atoms with Crippen molar-refractivity contribution in [3.05, 3.63) is 35.4 Å². The number of aliphatic hydroxyl groups excluding tert-OH is 1. The molecule has 0 aromatic heterocycles. The van der Waals surface area contributed by atoms with Gasteiger partial charge in [0.2, 0.25) is 0 Å². The van der Waals surface area contributed by atoms with Crippen LogP contribution in [0.15, 0.2) is 18.2 Å². The number of piperidine rings is 1. The molecule has 0 unspecified atom stereocenters. The Balaban J connectivity index is 2.00. The van der Waals surface area contributed by atoms with E-state index in [0.717, 1.165) is 12.1 Å². The molecule has 1 heterocycles. The largest absolute Gasteiger partial charge is 0.396 e. The highest BCUT2D eigenvalue weighted by Gasteiger charge is 2.42. The second-order valence-electron chi connectivity index (χ2n) is 7.54. The van der Waals surface area contributed by atoms with Crippen molar-refractivity contribution in [1.82, 2.24) is 10.2 Å². The van der Waals surface area contributed by atoms with Gasteiger partial charge < -0.3 is 20.4 Å². The number of hydrogen-bond acceptors (Lipinski definition) is 4. The predicted octanol–water partition coefficient (Wildman–Crippen LogP) is 1.43. The second kappa shape index (κ2) is 7.76. The average Bonchev–Trinajstić information content (AvgIpc) is 2.55. The molecular formula is C18H26F2N2O3. The first-order chi connectivity index (χ1) is 11.7. The zero-order chi connectivity index (χ0) is 18.7. The van der Waals surface area contributed by atoms with Gasteiger partial charge in [-0.2, -0.15) is 0 Å². The van der Waals surface area contributed by atoms with E-state index < -0.39 is 23.1 Å². The zero-order valence-corrected chi connectivity index (χ0v) is 14.7. The molecule has 1 amide bonds. The van der Waals surface area contributed by atoms with Gasteiger partial charge in [-0.1, -0.05) is 19.9 Å². The van der Waals surface area contributed by atoms with Gasteiger partial charge in [0.05, 0.1) is 0 Å². The normalized spacial score (nSPS) is 21.7. The van der Waals surface area contributed by atoms with Crippen molar-refractivity contribution in [2.45, 2.75) is 38.8 Å². The fraction of sp³-hybridized carbons (Fsp3) is 0.611. The number of amides is 1. The summed E-state index contributed by atoms with van der Waals surface area (Å²) in [5, 5.41) is 23.0. The molecule has 0 radical (unpaired) electrons. The van der Waals surface area contributed by atoms with Gasteiger partial charge in [0.15, 0.2) is 17.2 Å². The maximum Gasteiger partial charge on any atom is 0.256 e. The Morgan fingerprint density at radius 3 is 2.68 bits per heavy atom. The number of likely N-dealkylation sites (tertiary alicyclic amines) is 1. The van der Waals surface area contributed by atoms with Crippen molar-refractivity contribution in [1.29, 1.82) is 0 Å². The van der Waals surface area contributed by atoms with E-state index in [1.807, 2.05) is 13.8 Å². The molecule has 1 aliphatic rings. The van der Waals surface area contributed by atoms with Crippen LogP contribution in [0.25, 0.3) is 0 Å². The Bertz CT molecular complexity index is 624. The van der Waals surface area contributed by atoms with E-state index in [2.05, 4.69) is 5.32 Å². The Kier molecular flexibility index (Phi) is 6.13. The number of nitrogens with one attached hydrogen (secondary N) is 1. The van der Waals surface area contributed by atoms with Crippen molar-refractivity contribution >= 4 is 5.91 Å². The summed E-state index contributed by atoms with van der Waals surface area (Å²) in [5.41, 5.74) is -1.40. The summed E-state index contributed by atoms with van der Waals surface area (Å²) >= 11 is 0.